The SMILES string of the molecule is COCCOC.FC(F)C(F)(F)C(OC(C(F)(F)C(F)F)C(F)(F)C(F)F)C(F)(F)C(F)F. The van der Waals surface area contributed by atoms with Crippen molar-refractivity contribution in [3.05, 3.63) is 0 Å². The van der Waals surface area contributed by atoms with Gasteiger partial charge in [0.2, 0.25) is 0 Å². The van der Waals surface area contributed by atoms with Crippen molar-refractivity contribution in [2.45, 2.75) is 61.6 Å². The van der Waals surface area contributed by atoms with Crippen LogP contribution in [0.4, 0.5) is 70.2 Å². The molecule has 0 spiro atoms. The first-order valence-electron chi connectivity index (χ1n) is 7.93. The van der Waals surface area contributed by atoms with Gasteiger partial charge in [-0.3, -0.25) is 0 Å². The van der Waals surface area contributed by atoms with Crippen molar-refractivity contribution in [2.24, 2.45) is 0 Å². The molecule has 0 bridgehead atoms. The van der Waals surface area contributed by atoms with Crippen LogP contribution in [0.5, 0.6) is 0 Å². The number of ether oxygens (including phenoxy) is 3. The zero-order chi connectivity index (χ0) is 27.0. The van der Waals surface area contributed by atoms with Crippen LogP contribution in [-0.2, 0) is 14.2 Å². The molecule has 0 aromatic carbocycles. The second-order valence-corrected chi connectivity index (χ2v) is 5.78. The summed E-state index contributed by atoms with van der Waals surface area (Å²) in [6.07, 6.45) is -33.0. The summed E-state index contributed by atoms with van der Waals surface area (Å²) in [6, 6.07) is 0. The zero-order valence-electron chi connectivity index (χ0n) is 16.2. The molecule has 0 aliphatic rings. The molecule has 0 heterocycles. The number of rotatable bonds is 13. The lowest BCUT2D eigenvalue weighted by Gasteiger charge is -2.39. The summed E-state index contributed by atoms with van der Waals surface area (Å²) >= 11 is 0. The van der Waals surface area contributed by atoms with Gasteiger partial charge in [-0.1, -0.05) is 0 Å². The van der Waals surface area contributed by atoms with Crippen molar-refractivity contribution in [1.29, 1.82) is 0 Å². The van der Waals surface area contributed by atoms with E-state index >= 15 is 0 Å². The normalized spacial score (nSPS) is 14.2. The predicted octanol–water partition coefficient (Wildman–Crippen LogP) is 5.62. The fourth-order valence-electron chi connectivity index (χ4n) is 1.64. The van der Waals surface area contributed by atoms with Crippen molar-refractivity contribution < 1.29 is 84.5 Å². The van der Waals surface area contributed by atoms with Gasteiger partial charge in [0.1, 0.15) is 0 Å². The number of alkyl halides is 16. The Bertz CT molecular complexity index is 457. The van der Waals surface area contributed by atoms with Gasteiger partial charge in [-0.2, -0.15) is 35.1 Å². The molecule has 19 heteroatoms. The van der Waals surface area contributed by atoms with Gasteiger partial charge in [0.05, 0.1) is 13.2 Å². The van der Waals surface area contributed by atoms with Crippen LogP contribution >= 0.6 is 0 Å². The van der Waals surface area contributed by atoms with Crippen LogP contribution in [0, 0.1) is 0 Å². The Balaban J connectivity index is 0. The first kappa shape index (κ1) is 33.9. The third-order valence-electron chi connectivity index (χ3n) is 3.33. The van der Waals surface area contributed by atoms with Gasteiger partial charge in [0, 0.05) is 14.2 Å². The van der Waals surface area contributed by atoms with Gasteiger partial charge in [-0.15, -0.1) is 0 Å². The second-order valence-electron chi connectivity index (χ2n) is 5.78. The molecule has 0 amide bonds. The first-order valence-corrected chi connectivity index (χ1v) is 7.93. The van der Waals surface area contributed by atoms with E-state index in [2.05, 4.69) is 14.2 Å². The Morgan fingerprint density at radius 3 is 0.758 bits per heavy atom. The number of halogens is 16. The van der Waals surface area contributed by atoms with E-state index in [0.29, 0.717) is 13.2 Å². The van der Waals surface area contributed by atoms with Crippen LogP contribution in [0.15, 0.2) is 0 Å². The molecule has 0 aliphatic carbocycles. The summed E-state index contributed by atoms with van der Waals surface area (Å²) < 4.78 is 213. The minimum absolute atomic E-state index is 0.691. The summed E-state index contributed by atoms with van der Waals surface area (Å²) in [5, 5.41) is 0. The van der Waals surface area contributed by atoms with E-state index in [1.54, 1.807) is 14.2 Å². The zero-order valence-corrected chi connectivity index (χ0v) is 16.2. The molecule has 0 saturated heterocycles. The fraction of sp³-hybridized carbons (Fsp3) is 1.00. The Morgan fingerprint density at radius 2 is 0.636 bits per heavy atom. The van der Waals surface area contributed by atoms with E-state index in [9.17, 15) is 70.2 Å². The molecule has 0 aromatic heterocycles. The average Bonchev–Trinajstić information content (AvgIpc) is 2.65. The molecule has 202 valence electrons. The van der Waals surface area contributed by atoms with E-state index in [1.807, 2.05) is 0 Å². The molecule has 0 rings (SSSR count). The minimum Gasteiger partial charge on any atom is -0.382 e. The maximum absolute atomic E-state index is 13.1. The van der Waals surface area contributed by atoms with Gasteiger partial charge in [-0.05, 0) is 0 Å². The lowest BCUT2D eigenvalue weighted by molar-refractivity contribution is -0.364. The smallest absolute Gasteiger partial charge is 0.339 e. The van der Waals surface area contributed by atoms with Crippen LogP contribution in [0.25, 0.3) is 0 Å². The van der Waals surface area contributed by atoms with Crippen molar-refractivity contribution >= 4 is 0 Å². The summed E-state index contributed by atoms with van der Waals surface area (Å²) in [4.78, 5) is 0. The highest BCUT2D eigenvalue weighted by Gasteiger charge is 2.71. The largest absolute Gasteiger partial charge is 0.382 e. The Labute approximate surface area is 174 Å². The Morgan fingerprint density at radius 1 is 0.455 bits per heavy atom. The van der Waals surface area contributed by atoms with Gasteiger partial charge in [0.15, 0.2) is 12.2 Å². The van der Waals surface area contributed by atoms with E-state index in [-0.39, 0.29) is 0 Å². The lowest BCUT2D eigenvalue weighted by atomic mass is 10.0. The van der Waals surface area contributed by atoms with E-state index in [1.165, 1.54) is 0 Å². The standard InChI is InChI=1S/C10H6F16O.C4H10O2/c11-3(12)7(19,20)1(8(21,22)4(13)14)27-2(9(23,24)5(15)16)10(25,26)6(17)18;1-5-3-4-6-2/h1-6H;3-4H2,1-2H3. The van der Waals surface area contributed by atoms with Gasteiger partial charge in [-0.25, -0.2) is 35.1 Å². The Kier molecular flexibility index (Phi) is 13.4. The van der Waals surface area contributed by atoms with Crippen molar-refractivity contribution in [3.63, 3.8) is 0 Å². The third kappa shape index (κ3) is 8.80. The number of hydrogen-bond acceptors (Lipinski definition) is 3. The van der Waals surface area contributed by atoms with Crippen molar-refractivity contribution in [1.82, 2.24) is 0 Å². The van der Waals surface area contributed by atoms with E-state index in [0.717, 1.165) is 0 Å². The van der Waals surface area contributed by atoms with Gasteiger partial charge in [0.25, 0.3) is 0 Å². The summed E-state index contributed by atoms with van der Waals surface area (Å²) in [5.41, 5.74) is 0. The lowest BCUT2D eigenvalue weighted by Crippen LogP contribution is -2.63. The minimum atomic E-state index is -6.62. The van der Waals surface area contributed by atoms with Crippen LogP contribution in [0.3, 0.4) is 0 Å². The summed E-state index contributed by atoms with van der Waals surface area (Å²) in [5.74, 6) is -26.5. The van der Waals surface area contributed by atoms with Crippen LogP contribution < -0.4 is 0 Å². The fourth-order valence-corrected chi connectivity index (χ4v) is 1.64. The van der Waals surface area contributed by atoms with Gasteiger partial charge < -0.3 is 14.2 Å². The summed E-state index contributed by atoms with van der Waals surface area (Å²) in [7, 11) is 3.30. The molecule has 0 N–H and O–H groups in total. The monoisotopic (exact) mass is 536 g/mol. The molecule has 0 saturated carbocycles. The predicted molar refractivity (Wildman–Crippen MR) is 76.2 cm³/mol. The molecule has 0 atom stereocenters. The molecule has 33 heavy (non-hydrogen) atoms. The van der Waals surface area contributed by atoms with Crippen molar-refractivity contribution in [2.75, 3.05) is 27.4 Å². The first-order chi connectivity index (χ1) is 14.7. The quantitative estimate of drug-likeness (QED) is 0.226. The molecule has 0 aliphatic heterocycles. The Hall–Kier alpha value is -1.24. The van der Waals surface area contributed by atoms with Crippen LogP contribution in [0.1, 0.15) is 0 Å². The highest BCUT2D eigenvalue weighted by Crippen LogP contribution is 2.47. The molecule has 0 unspecified atom stereocenters. The molecular weight excluding hydrogens is 520 g/mol. The molecule has 3 nitrogen and oxygen atoms in total. The molecular formula is C14H16F16O3. The highest BCUT2D eigenvalue weighted by atomic mass is 19.3. The number of methoxy groups -OCH3 is 2. The maximum atomic E-state index is 13.1. The van der Waals surface area contributed by atoms with E-state index < -0.39 is 61.6 Å². The van der Waals surface area contributed by atoms with Crippen molar-refractivity contribution in [3.8, 4) is 0 Å². The van der Waals surface area contributed by atoms with Gasteiger partial charge >= 0.3 is 49.4 Å². The summed E-state index contributed by atoms with van der Waals surface area (Å²) in [6.45, 7) is 1.38. The van der Waals surface area contributed by atoms with E-state index in [4.69, 9.17) is 0 Å². The third-order valence-corrected chi connectivity index (χ3v) is 3.33. The topological polar surface area (TPSA) is 27.7 Å². The van der Waals surface area contributed by atoms with Crippen LogP contribution in [0.2, 0.25) is 0 Å². The highest BCUT2D eigenvalue weighted by molar-refractivity contribution is 4.99. The molecule has 0 radical (unpaired) electrons. The number of hydrogen-bond donors (Lipinski definition) is 0. The molecule has 0 aromatic rings. The molecule has 0 fully saturated rings. The average molecular weight is 536 g/mol. The second kappa shape index (κ2) is 13.0. The maximum Gasteiger partial charge on any atom is 0.339 e. The van der Waals surface area contributed by atoms with Crippen LogP contribution in [-0.4, -0.2) is 89.0 Å².